The lowest BCUT2D eigenvalue weighted by molar-refractivity contribution is -1.02. The zero-order valence-corrected chi connectivity index (χ0v) is 15.5. The van der Waals surface area contributed by atoms with E-state index < -0.39 is 0 Å². The molecule has 0 unspecified atom stereocenters. The van der Waals surface area contributed by atoms with E-state index in [1.165, 1.54) is 21.1 Å². The molecule has 2 heterocycles. The first kappa shape index (κ1) is 17.5. The van der Waals surface area contributed by atoms with E-state index in [-0.39, 0.29) is 5.91 Å². The van der Waals surface area contributed by atoms with Crippen molar-refractivity contribution in [2.24, 2.45) is 0 Å². The molecule has 1 saturated carbocycles. The average Bonchev–Trinajstić information content (AvgIpc) is 3.30. The van der Waals surface area contributed by atoms with Gasteiger partial charge in [0.2, 0.25) is 5.13 Å². The molecule has 24 heavy (non-hydrogen) atoms. The van der Waals surface area contributed by atoms with Crippen molar-refractivity contribution in [1.82, 2.24) is 15.1 Å². The van der Waals surface area contributed by atoms with Crippen LogP contribution in [0.2, 0.25) is 0 Å². The summed E-state index contributed by atoms with van der Waals surface area (Å²) in [6, 6.07) is 0.458. The Morgan fingerprint density at radius 3 is 2.75 bits per heavy atom. The number of nitrogens with one attached hydrogen (secondary N) is 4. The molecule has 0 spiro atoms. The molecule has 1 amide bonds. The zero-order chi connectivity index (χ0) is 16.9. The molecular formula is C15H26N6OS2+2. The number of amides is 1. The first-order valence-electron chi connectivity index (χ1n) is 8.53. The number of aromatic nitrogens is 2. The molecule has 0 atom stereocenters. The minimum absolute atomic E-state index is 0.204. The van der Waals surface area contributed by atoms with E-state index in [0.717, 1.165) is 54.8 Å². The number of carbonyl (C=O) groups excluding carboxylic acids is 1. The highest BCUT2D eigenvalue weighted by atomic mass is 32.1. The van der Waals surface area contributed by atoms with Crippen LogP contribution < -0.4 is 20.4 Å². The summed E-state index contributed by atoms with van der Waals surface area (Å²) in [5, 5.41) is 11.6. The summed E-state index contributed by atoms with van der Waals surface area (Å²) in [5.41, 5.74) is 0. The molecular weight excluding hydrogens is 344 g/mol. The van der Waals surface area contributed by atoms with Crippen molar-refractivity contribution in [1.29, 1.82) is 0 Å². The largest absolute Gasteiger partial charge is 0.357 e. The first-order valence-corrected chi connectivity index (χ1v) is 9.75. The Hall–Kier alpha value is -1.29. The molecule has 0 radical (unpaired) electrons. The highest BCUT2D eigenvalue weighted by Crippen LogP contribution is 2.18. The molecule has 7 nitrogen and oxygen atoms in total. The number of carbonyl (C=O) groups is 1. The van der Waals surface area contributed by atoms with Crippen LogP contribution in [0.15, 0.2) is 12.7 Å². The third-order valence-electron chi connectivity index (χ3n) is 4.39. The van der Waals surface area contributed by atoms with Crippen LogP contribution in [0.25, 0.3) is 0 Å². The number of quaternary nitrogens is 2. The minimum Gasteiger partial charge on any atom is -0.357 e. The van der Waals surface area contributed by atoms with Gasteiger partial charge in [-0.2, -0.15) is 4.68 Å². The van der Waals surface area contributed by atoms with Gasteiger partial charge in [0.15, 0.2) is 17.2 Å². The van der Waals surface area contributed by atoms with E-state index in [2.05, 4.69) is 22.3 Å². The van der Waals surface area contributed by atoms with Gasteiger partial charge in [-0.05, 0) is 25.1 Å². The van der Waals surface area contributed by atoms with Crippen LogP contribution in [0, 0.1) is 3.95 Å². The van der Waals surface area contributed by atoms with Crippen molar-refractivity contribution >= 4 is 34.6 Å². The Labute approximate surface area is 151 Å². The summed E-state index contributed by atoms with van der Waals surface area (Å²) in [5.74, 6) is 0.204. The van der Waals surface area contributed by atoms with Crippen LogP contribution >= 0.6 is 23.6 Å². The normalized spacial score (nSPS) is 23.7. The summed E-state index contributed by atoms with van der Waals surface area (Å²) in [4.78, 5) is 14.7. The quantitative estimate of drug-likeness (QED) is 0.325. The highest BCUT2D eigenvalue weighted by molar-refractivity contribution is 7.73. The van der Waals surface area contributed by atoms with Gasteiger partial charge in [-0.25, -0.2) is 0 Å². The molecule has 1 aromatic heterocycles. The minimum atomic E-state index is 0.204. The molecule has 132 valence electrons. The standard InChI is InChI=1S/C15H24N6OS2/c1-2-5-16-14-18-21(15(23)24-14)11-20-8-6-19(7-9-20)10-13(22)17-12-3-4-12/h2,12H,1,3-11H2,(H,16,18)(H,17,22)/p+2. The first-order chi connectivity index (χ1) is 11.6. The van der Waals surface area contributed by atoms with Crippen molar-refractivity contribution in [2.45, 2.75) is 25.6 Å². The van der Waals surface area contributed by atoms with Gasteiger partial charge in [0, 0.05) is 12.6 Å². The third kappa shape index (κ3) is 5.10. The van der Waals surface area contributed by atoms with E-state index in [1.807, 2.05) is 4.68 Å². The number of anilines is 1. The van der Waals surface area contributed by atoms with Gasteiger partial charge in [-0.1, -0.05) is 17.4 Å². The molecule has 1 saturated heterocycles. The number of hydrogen-bond acceptors (Lipinski definition) is 5. The number of piperazine rings is 1. The fraction of sp³-hybridized carbons (Fsp3) is 0.667. The predicted octanol–water partition coefficient (Wildman–Crippen LogP) is -1.71. The van der Waals surface area contributed by atoms with Crippen LogP contribution in [-0.2, 0) is 11.5 Å². The van der Waals surface area contributed by atoms with Crippen LogP contribution in [-0.4, -0.2) is 61.0 Å². The summed E-state index contributed by atoms with van der Waals surface area (Å²) in [6.07, 6.45) is 4.11. The lowest BCUT2D eigenvalue weighted by Crippen LogP contribution is -3.28. The Bertz CT molecular complexity index is 630. The fourth-order valence-electron chi connectivity index (χ4n) is 2.87. The molecule has 9 heteroatoms. The Kier molecular flexibility index (Phi) is 5.99. The summed E-state index contributed by atoms with van der Waals surface area (Å²) in [7, 11) is 0. The predicted molar refractivity (Wildman–Crippen MR) is 97.0 cm³/mol. The van der Waals surface area contributed by atoms with Gasteiger partial charge in [0.1, 0.15) is 26.2 Å². The third-order valence-corrected chi connectivity index (χ3v) is 5.66. The Balaban J connectivity index is 1.43. The maximum atomic E-state index is 11.9. The van der Waals surface area contributed by atoms with Crippen LogP contribution in [0.4, 0.5) is 5.13 Å². The smallest absolute Gasteiger partial charge is 0.275 e. The van der Waals surface area contributed by atoms with Crippen molar-refractivity contribution in [3.63, 3.8) is 0 Å². The molecule has 1 aliphatic carbocycles. The maximum Gasteiger partial charge on any atom is 0.275 e. The second-order valence-electron chi connectivity index (χ2n) is 6.52. The van der Waals surface area contributed by atoms with E-state index >= 15 is 0 Å². The van der Waals surface area contributed by atoms with Gasteiger partial charge in [0.25, 0.3) is 5.91 Å². The zero-order valence-electron chi connectivity index (χ0n) is 13.8. The van der Waals surface area contributed by atoms with E-state index in [4.69, 9.17) is 12.2 Å². The van der Waals surface area contributed by atoms with Crippen LogP contribution in [0.3, 0.4) is 0 Å². The molecule has 3 rings (SSSR count). The maximum absolute atomic E-state index is 11.9. The second-order valence-corrected chi connectivity index (χ2v) is 8.14. The average molecular weight is 371 g/mol. The molecule has 1 aliphatic heterocycles. The van der Waals surface area contributed by atoms with Crippen molar-refractivity contribution in [3.05, 3.63) is 16.6 Å². The van der Waals surface area contributed by atoms with Gasteiger partial charge >= 0.3 is 0 Å². The fourth-order valence-corrected chi connectivity index (χ4v) is 3.89. The van der Waals surface area contributed by atoms with Gasteiger partial charge in [-0.15, -0.1) is 11.7 Å². The highest BCUT2D eigenvalue weighted by Gasteiger charge is 2.28. The van der Waals surface area contributed by atoms with Gasteiger partial charge in [0.05, 0.1) is 0 Å². The number of hydrogen-bond donors (Lipinski definition) is 4. The lowest BCUT2D eigenvalue weighted by Gasteiger charge is -2.29. The van der Waals surface area contributed by atoms with Crippen LogP contribution in [0.1, 0.15) is 12.8 Å². The topological polar surface area (TPSA) is 67.8 Å². The van der Waals surface area contributed by atoms with Crippen LogP contribution in [0.5, 0.6) is 0 Å². The molecule has 2 aliphatic rings. The monoisotopic (exact) mass is 370 g/mol. The van der Waals surface area contributed by atoms with E-state index in [9.17, 15) is 4.79 Å². The van der Waals surface area contributed by atoms with Crippen molar-refractivity contribution in [2.75, 3.05) is 44.6 Å². The molecule has 4 N–H and O–H groups in total. The second kappa shape index (κ2) is 8.19. The lowest BCUT2D eigenvalue weighted by atomic mass is 10.3. The Morgan fingerprint density at radius 2 is 2.08 bits per heavy atom. The number of nitrogens with zero attached hydrogens (tertiary/aromatic N) is 2. The molecule has 1 aromatic rings. The van der Waals surface area contributed by atoms with Crippen molar-refractivity contribution < 1.29 is 14.6 Å². The molecule has 0 bridgehead atoms. The summed E-state index contributed by atoms with van der Waals surface area (Å²) < 4.78 is 2.71. The van der Waals surface area contributed by atoms with E-state index in [1.54, 1.807) is 6.08 Å². The van der Waals surface area contributed by atoms with Crippen molar-refractivity contribution in [3.8, 4) is 0 Å². The SMILES string of the molecule is C=CCNc1nn(C[NH+]2CC[NH+](CC(=O)NC3CC3)CC2)c(=S)s1. The van der Waals surface area contributed by atoms with Gasteiger partial charge in [-0.3, -0.25) is 4.79 Å². The van der Waals surface area contributed by atoms with Gasteiger partial charge < -0.3 is 20.4 Å². The summed E-state index contributed by atoms with van der Waals surface area (Å²) >= 11 is 6.90. The van der Waals surface area contributed by atoms with E-state index in [0.29, 0.717) is 19.1 Å². The molecule has 0 aromatic carbocycles. The summed E-state index contributed by atoms with van der Waals surface area (Å²) in [6.45, 7) is 9.92. The molecule has 2 fully saturated rings. The number of rotatable bonds is 8. The Morgan fingerprint density at radius 1 is 1.38 bits per heavy atom.